The first-order chi connectivity index (χ1) is 14.5. The first-order valence-electron chi connectivity index (χ1n) is 8.71. The van der Waals surface area contributed by atoms with Gasteiger partial charge in [-0.1, -0.05) is 45.7 Å². The monoisotopic (exact) mass is 486 g/mol. The molecule has 0 heterocycles. The van der Waals surface area contributed by atoms with Crippen molar-refractivity contribution in [1.82, 2.24) is 5.43 Å². The lowest BCUT2D eigenvalue weighted by Crippen LogP contribution is -2.17. The van der Waals surface area contributed by atoms with Gasteiger partial charge in [-0.3, -0.25) is 4.79 Å². The lowest BCUT2D eigenvalue weighted by molar-refractivity contribution is 0.0729. The van der Waals surface area contributed by atoms with Crippen LogP contribution in [-0.4, -0.2) is 25.2 Å². The Kier molecular flexibility index (Phi) is 7.21. The van der Waals surface area contributed by atoms with Crippen LogP contribution in [0.3, 0.4) is 0 Å². The molecule has 3 aromatic carbocycles. The summed E-state index contributed by atoms with van der Waals surface area (Å²) in [5.74, 6) is -0.328. The molecule has 0 bridgehead atoms. The number of nitrogens with one attached hydrogen (secondary N) is 1. The Labute approximate surface area is 186 Å². The van der Waals surface area contributed by atoms with E-state index in [4.69, 9.17) is 21.1 Å². The number of hydrogen-bond donors (Lipinski definition) is 1. The van der Waals surface area contributed by atoms with Crippen molar-refractivity contribution in [2.45, 2.75) is 0 Å². The van der Waals surface area contributed by atoms with Crippen LogP contribution in [0, 0.1) is 0 Å². The average Bonchev–Trinajstić information content (AvgIpc) is 2.74. The summed E-state index contributed by atoms with van der Waals surface area (Å²) in [4.78, 5) is 24.5. The lowest BCUT2D eigenvalue weighted by Gasteiger charge is -2.10. The summed E-state index contributed by atoms with van der Waals surface area (Å²) in [6.07, 6.45) is 1.44. The van der Waals surface area contributed by atoms with Gasteiger partial charge in [-0.15, -0.1) is 0 Å². The molecule has 0 fully saturated rings. The summed E-state index contributed by atoms with van der Waals surface area (Å²) in [5, 5.41) is 4.27. The van der Waals surface area contributed by atoms with Crippen molar-refractivity contribution in [1.29, 1.82) is 0 Å². The zero-order chi connectivity index (χ0) is 21.5. The van der Waals surface area contributed by atoms with E-state index in [1.807, 2.05) is 6.07 Å². The van der Waals surface area contributed by atoms with Gasteiger partial charge in [0.05, 0.1) is 29.5 Å². The molecule has 1 N–H and O–H groups in total. The van der Waals surface area contributed by atoms with Gasteiger partial charge in [0.1, 0.15) is 0 Å². The molecule has 0 aliphatic rings. The van der Waals surface area contributed by atoms with E-state index >= 15 is 0 Å². The van der Waals surface area contributed by atoms with Crippen LogP contribution >= 0.6 is 27.5 Å². The predicted molar refractivity (Wildman–Crippen MR) is 119 cm³/mol. The first-order valence-corrected chi connectivity index (χ1v) is 9.89. The maximum atomic E-state index is 12.3. The third kappa shape index (κ3) is 5.46. The van der Waals surface area contributed by atoms with Gasteiger partial charge in [0.15, 0.2) is 11.5 Å². The van der Waals surface area contributed by atoms with Crippen LogP contribution in [0.4, 0.5) is 0 Å². The number of hydrazone groups is 1. The van der Waals surface area contributed by atoms with E-state index in [0.29, 0.717) is 27.5 Å². The zero-order valence-corrected chi connectivity index (χ0v) is 18.1. The molecular weight excluding hydrogens is 472 g/mol. The standard InChI is InChI=1S/C22H16BrClN2O4/c1-29-20-11-14(13-25-26-21(27)17-7-2-3-8-18(17)24)9-10-19(20)30-22(28)15-5-4-6-16(23)12-15/h2-13H,1H3,(H,26,27)/b25-13+. The van der Waals surface area contributed by atoms with Gasteiger partial charge >= 0.3 is 5.97 Å². The maximum Gasteiger partial charge on any atom is 0.343 e. The third-order valence-electron chi connectivity index (χ3n) is 3.95. The van der Waals surface area contributed by atoms with E-state index in [-0.39, 0.29) is 5.75 Å². The van der Waals surface area contributed by atoms with Gasteiger partial charge in [-0.05, 0) is 54.1 Å². The normalized spacial score (nSPS) is 10.6. The minimum Gasteiger partial charge on any atom is -0.493 e. The van der Waals surface area contributed by atoms with E-state index in [1.165, 1.54) is 13.3 Å². The average molecular weight is 488 g/mol. The number of methoxy groups -OCH3 is 1. The topological polar surface area (TPSA) is 77.0 Å². The predicted octanol–water partition coefficient (Wildman–Crippen LogP) is 5.09. The molecule has 0 aliphatic carbocycles. The van der Waals surface area contributed by atoms with E-state index < -0.39 is 11.9 Å². The van der Waals surface area contributed by atoms with Crippen molar-refractivity contribution in [2.75, 3.05) is 7.11 Å². The Morgan fingerprint density at radius 3 is 2.57 bits per heavy atom. The molecule has 1 amide bonds. The Bertz CT molecular complexity index is 1120. The fourth-order valence-corrected chi connectivity index (χ4v) is 3.11. The third-order valence-corrected chi connectivity index (χ3v) is 4.77. The molecule has 0 atom stereocenters. The SMILES string of the molecule is COc1cc(/C=N/NC(=O)c2ccccc2Cl)ccc1OC(=O)c1cccc(Br)c1. The highest BCUT2D eigenvalue weighted by Gasteiger charge is 2.13. The molecule has 30 heavy (non-hydrogen) atoms. The van der Waals surface area contributed by atoms with Crippen LogP contribution in [-0.2, 0) is 0 Å². The zero-order valence-electron chi connectivity index (χ0n) is 15.8. The molecule has 0 spiro atoms. The summed E-state index contributed by atoms with van der Waals surface area (Å²) in [5.41, 5.74) is 3.77. The van der Waals surface area contributed by atoms with Gasteiger partial charge < -0.3 is 9.47 Å². The molecule has 3 aromatic rings. The highest BCUT2D eigenvalue weighted by molar-refractivity contribution is 9.10. The number of carbonyl (C=O) groups excluding carboxylic acids is 2. The second-order valence-electron chi connectivity index (χ2n) is 5.99. The van der Waals surface area contributed by atoms with Crippen LogP contribution in [0.2, 0.25) is 5.02 Å². The van der Waals surface area contributed by atoms with Crippen molar-refractivity contribution in [3.05, 3.63) is 92.9 Å². The van der Waals surface area contributed by atoms with Gasteiger partial charge in [0.25, 0.3) is 5.91 Å². The molecule has 0 aromatic heterocycles. The van der Waals surface area contributed by atoms with Crippen molar-refractivity contribution in [2.24, 2.45) is 5.10 Å². The fraction of sp³-hybridized carbons (Fsp3) is 0.0455. The summed E-state index contributed by atoms with van der Waals surface area (Å²) >= 11 is 9.32. The smallest absolute Gasteiger partial charge is 0.343 e. The molecule has 0 aliphatic heterocycles. The van der Waals surface area contributed by atoms with E-state index in [9.17, 15) is 9.59 Å². The number of rotatable bonds is 6. The lowest BCUT2D eigenvalue weighted by atomic mass is 10.2. The molecule has 0 saturated carbocycles. The second-order valence-corrected chi connectivity index (χ2v) is 7.31. The first kappa shape index (κ1) is 21.5. The number of halogens is 2. The summed E-state index contributed by atoms with van der Waals surface area (Å²) in [6, 6.07) is 18.5. The number of esters is 1. The van der Waals surface area contributed by atoms with E-state index in [2.05, 4.69) is 26.5 Å². The Balaban J connectivity index is 1.69. The minimum absolute atomic E-state index is 0.264. The van der Waals surface area contributed by atoms with Gasteiger partial charge in [-0.25, -0.2) is 10.2 Å². The van der Waals surface area contributed by atoms with Gasteiger partial charge in [0.2, 0.25) is 0 Å². The van der Waals surface area contributed by atoms with Crippen LogP contribution in [0.5, 0.6) is 11.5 Å². The largest absolute Gasteiger partial charge is 0.493 e. The fourth-order valence-electron chi connectivity index (χ4n) is 2.49. The molecular formula is C22H16BrClN2O4. The molecule has 0 saturated heterocycles. The van der Waals surface area contributed by atoms with Crippen LogP contribution in [0.1, 0.15) is 26.3 Å². The van der Waals surface area contributed by atoms with Crippen molar-refractivity contribution >= 4 is 45.6 Å². The molecule has 0 unspecified atom stereocenters. The summed E-state index contributed by atoms with van der Waals surface area (Å²) in [6.45, 7) is 0. The van der Waals surface area contributed by atoms with E-state index in [1.54, 1.807) is 60.7 Å². The van der Waals surface area contributed by atoms with Crippen molar-refractivity contribution in [3.63, 3.8) is 0 Å². The molecule has 3 rings (SSSR count). The van der Waals surface area contributed by atoms with Crippen LogP contribution < -0.4 is 14.9 Å². The van der Waals surface area contributed by atoms with Gasteiger partial charge in [0, 0.05) is 4.47 Å². The van der Waals surface area contributed by atoms with Crippen molar-refractivity contribution in [3.8, 4) is 11.5 Å². The number of ether oxygens (including phenoxy) is 2. The molecule has 0 radical (unpaired) electrons. The second kappa shape index (κ2) is 10.0. The molecule has 8 heteroatoms. The summed E-state index contributed by atoms with van der Waals surface area (Å²) < 4.78 is 11.5. The number of benzene rings is 3. The summed E-state index contributed by atoms with van der Waals surface area (Å²) in [7, 11) is 1.46. The van der Waals surface area contributed by atoms with Gasteiger partial charge in [-0.2, -0.15) is 5.10 Å². The Morgan fingerprint density at radius 2 is 1.83 bits per heavy atom. The van der Waals surface area contributed by atoms with Crippen LogP contribution in [0.15, 0.2) is 76.3 Å². The van der Waals surface area contributed by atoms with E-state index in [0.717, 1.165) is 4.47 Å². The maximum absolute atomic E-state index is 12.3. The number of nitrogens with zero attached hydrogens (tertiary/aromatic N) is 1. The highest BCUT2D eigenvalue weighted by atomic mass is 79.9. The minimum atomic E-state index is -0.511. The number of hydrogen-bond acceptors (Lipinski definition) is 5. The Hall–Kier alpha value is -3.16. The van der Waals surface area contributed by atoms with Crippen molar-refractivity contribution < 1.29 is 19.1 Å². The molecule has 152 valence electrons. The quantitative estimate of drug-likeness (QED) is 0.227. The number of amides is 1. The highest BCUT2D eigenvalue weighted by Crippen LogP contribution is 2.28. The number of carbonyl (C=O) groups is 2. The van der Waals surface area contributed by atoms with Crippen LogP contribution in [0.25, 0.3) is 0 Å². The Morgan fingerprint density at radius 1 is 1.03 bits per heavy atom. The molecule has 6 nitrogen and oxygen atoms in total.